The van der Waals surface area contributed by atoms with Gasteiger partial charge in [0.2, 0.25) is 5.91 Å². The fraction of sp³-hybridized carbons (Fsp3) is 0.500. The highest BCUT2D eigenvalue weighted by molar-refractivity contribution is 5.77. The largest absolute Gasteiger partial charge is 0.341 e. The van der Waals surface area contributed by atoms with E-state index >= 15 is 0 Å². The molecule has 0 saturated carbocycles. The first kappa shape index (κ1) is 15.7. The Kier molecular flexibility index (Phi) is 4.20. The number of nitrogens with one attached hydrogen (secondary N) is 1. The van der Waals surface area contributed by atoms with Crippen molar-refractivity contribution in [3.63, 3.8) is 0 Å². The number of likely N-dealkylation sites (tertiary alicyclic amines) is 1. The molecule has 0 spiro atoms. The summed E-state index contributed by atoms with van der Waals surface area (Å²) in [6, 6.07) is 10.5. The van der Waals surface area contributed by atoms with Crippen molar-refractivity contribution in [3.8, 4) is 0 Å². The van der Waals surface area contributed by atoms with E-state index < -0.39 is 0 Å². The van der Waals surface area contributed by atoms with E-state index in [0.717, 1.165) is 18.9 Å². The smallest absolute Gasteiger partial charge is 0.223 e. The fourth-order valence-electron chi connectivity index (χ4n) is 3.44. The average molecular weight is 312 g/mol. The highest BCUT2D eigenvalue weighted by Gasteiger charge is 2.41. The zero-order valence-electron chi connectivity index (χ0n) is 14.0. The van der Waals surface area contributed by atoms with Crippen molar-refractivity contribution in [1.29, 1.82) is 0 Å². The molecule has 0 radical (unpaired) electrons. The quantitative estimate of drug-likeness (QED) is 0.944. The maximum atomic E-state index is 12.6. The molecule has 0 bridgehead atoms. The maximum Gasteiger partial charge on any atom is 0.223 e. The number of aromatic amines is 1. The standard InChI is InChI=1S/C18H24N4O/c1-13-19-16(21-20-13)9-10-17(23)22-11-15(18(2,3)12-22)14-7-5-4-6-8-14/h4-8,15H,9-12H2,1-3H3,(H,19,20,21). The van der Waals surface area contributed by atoms with E-state index in [1.54, 1.807) is 0 Å². The minimum absolute atomic E-state index is 0.0954. The first-order valence-electron chi connectivity index (χ1n) is 8.16. The van der Waals surface area contributed by atoms with Crippen molar-refractivity contribution < 1.29 is 4.79 Å². The lowest BCUT2D eigenvalue weighted by atomic mass is 9.78. The minimum Gasteiger partial charge on any atom is -0.341 e. The molecule has 1 N–H and O–H groups in total. The van der Waals surface area contributed by atoms with Crippen LogP contribution in [0.15, 0.2) is 30.3 Å². The van der Waals surface area contributed by atoms with Gasteiger partial charge in [-0.25, -0.2) is 4.98 Å². The normalized spacial score (nSPS) is 20.0. The van der Waals surface area contributed by atoms with Gasteiger partial charge in [-0.15, -0.1) is 0 Å². The Morgan fingerprint density at radius 1 is 1.35 bits per heavy atom. The molecule has 1 unspecified atom stereocenters. The van der Waals surface area contributed by atoms with Gasteiger partial charge in [-0.2, -0.15) is 5.10 Å². The molecule has 1 aromatic carbocycles. The predicted molar refractivity (Wildman–Crippen MR) is 89.0 cm³/mol. The van der Waals surface area contributed by atoms with Crippen LogP contribution < -0.4 is 0 Å². The van der Waals surface area contributed by atoms with E-state index in [2.05, 4.69) is 53.3 Å². The first-order chi connectivity index (χ1) is 11.0. The van der Waals surface area contributed by atoms with Crippen molar-refractivity contribution in [3.05, 3.63) is 47.5 Å². The molecule has 1 amide bonds. The summed E-state index contributed by atoms with van der Waals surface area (Å²) in [5.41, 5.74) is 1.41. The molecule has 2 heterocycles. The van der Waals surface area contributed by atoms with E-state index in [9.17, 15) is 4.79 Å². The first-order valence-corrected chi connectivity index (χ1v) is 8.16. The summed E-state index contributed by atoms with van der Waals surface area (Å²) in [5, 5.41) is 6.92. The Morgan fingerprint density at radius 3 is 2.74 bits per heavy atom. The summed E-state index contributed by atoms with van der Waals surface area (Å²) < 4.78 is 0. The third kappa shape index (κ3) is 3.44. The molecule has 3 rings (SSSR count). The molecule has 5 heteroatoms. The van der Waals surface area contributed by atoms with Crippen LogP contribution in [0.5, 0.6) is 0 Å². The number of nitrogens with zero attached hydrogens (tertiary/aromatic N) is 3. The number of aromatic nitrogens is 3. The van der Waals surface area contributed by atoms with E-state index in [1.807, 2.05) is 17.9 Å². The van der Waals surface area contributed by atoms with E-state index in [1.165, 1.54) is 5.56 Å². The van der Waals surface area contributed by atoms with Gasteiger partial charge < -0.3 is 4.90 Å². The van der Waals surface area contributed by atoms with Crippen LogP contribution >= 0.6 is 0 Å². The molecule has 1 aliphatic heterocycles. The van der Waals surface area contributed by atoms with Crippen LogP contribution in [-0.4, -0.2) is 39.1 Å². The summed E-state index contributed by atoms with van der Waals surface area (Å²) in [4.78, 5) is 18.8. The van der Waals surface area contributed by atoms with E-state index in [4.69, 9.17) is 0 Å². The summed E-state index contributed by atoms with van der Waals surface area (Å²) in [5.74, 6) is 2.09. The third-order valence-electron chi connectivity index (χ3n) is 4.71. The number of amides is 1. The van der Waals surface area contributed by atoms with Crippen LogP contribution in [0.25, 0.3) is 0 Å². The van der Waals surface area contributed by atoms with Gasteiger partial charge in [0.25, 0.3) is 0 Å². The fourth-order valence-corrected chi connectivity index (χ4v) is 3.44. The second kappa shape index (κ2) is 6.14. The molecule has 0 aliphatic carbocycles. The minimum atomic E-state index is 0.0954. The zero-order valence-corrected chi connectivity index (χ0v) is 14.0. The molecular formula is C18H24N4O. The number of benzene rings is 1. The molecule has 1 fully saturated rings. The van der Waals surface area contributed by atoms with Crippen molar-refractivity contribution >= 4 is 5.91 Å². The number of aryl methyl sites for hydroxylation is 2. The molecule has 122 valence electrons. The van der Waals surface area contributed by atoms with Gasteiger partial charge in [-0.05, 0) is 17.9 Å². The Bertz CT molecular complexity index is 677. The van der Waals surface area contributed by atoms with Crippen molar-refractivity contribution in [2.45, 2.75) is 39.5 Å². The van der Waals surface area contributed by atoms with Crippen LogP contribution in [-0.2, 0) is 11.2 Å². The van der Waals surface area contributed by atoms with Crippen molar-refractivity contribution in [1.82, 2.24) is 20.1 Å². The number of hydrogen-bond donors (Lipinski definition) is 1. The van der Waals surface area contributed by atoms with Crippen molar-refractivity contribution in [2.75, 3.05) is 13.1 Å². The summed E-state index contributed by atoms with van der Waals surface area (Å²) in [7, 11) is 0. The molecule has 23 heavy (non-hydrogen) atoms. The maximum absolute atomic E-state index is 12.6. The van der Waals surface area contributed by atoms with Crippen LogP contribution in [0.2, 0.25) is 0 Å². The van der Waals surface area contributed by atoms with Crippen LogP contribution in [0.4, 0.5) is 0 Å². The highest BCUT2D eigenvalue weighted by Crippen LogP contribution is 2.42. The topological polar surface area (TPSA) is 61.9 Å². The molecule has 5 nitrogen and oxygen atoms in total. The van der Waals surface area contributed by atoms with Gasteiger partial charge in [0.05, 0.1) is 0 Å². The Morgan fingerprint density at radius 2 is 2.09 bits per heavy atom. The van der Waals surface area contributed by atoms with Gasteiger partial charge >= 0.3 is 0 Å². The van der Waals surface area contributed by atoms with Gasteiger partial charge in [0.15, 0.2) is 5.82 Å². The number of carbonyl (C=O) groups is 1. The second-order valence-electron chi connectivity index (χ2n) is 7.06. The highest BCUT2D eigenvalue weighted by atomic mass is 16.2. The summed E-state index contributed by atoms with van der Waals surface area (Å²) in [6.07, 6.45) is 1.06. The van der Waals surface area contributed by atoms with E-state index in [-0.39, 0.29) is 11.3 Å². The van der Waals surface area contributed by atoms with Gasteiger partial charge in [0.1, 0.15) is 5.82 Å². The Balaban J connectivity index is 1.64. The third-order valence-corrected chi connectivity index (χ3v) is 4.71. The summed E-state index contributed by atoms with van der Waals surface area (Å²) in [6.45, 7) is 7.96. The lowest BCUT2D eigenvalue weighted by molar-refractivity contribution is -0.130. The number of rotatable bonds is 4. The molecule has 1 aromatic heterocycles. The van der Waals surface area contributed by atoms with Gasteiger partial charge in [-0.1, -0.05) is 44.2 Å². The molecule has 1 aliphatic rings. The molecule has 1 saturated heterocycles. The Hall–Kier alpha value is -2.17. The lowest BCUT2D eigenvalue weighted by Gasteiger charge is -2.25. The number of H-pyrrole nitrogens is 1. The summed E-state index contributed by atoms with van der Waals surface area (Å²) >= 11 is 0. The van der Waals surface area contributed by atoms with Crippen LogP contribution in [0.1, 0.15) is 43.4 Å². The van der Waals surface area contributed by atoms with Crippen LogP contribution in [0, 0.1) is 12.3 Å². The number of carbonyl (C=O) groups excluding carboxylic acids is 1. The van der Waals surface area contributed by atoms with Crippen molar-refractivity contribution in [2.24, 2.45) is 5.41 Å². The van der Waals surface area contributed by atoms with E-state index in [0.29, 0.717) is 24.6 Å². The lowest BCUT2D eigenvalue weighted by Crippen LogP contribution is -2.30. The monoisotopic (exact) mass is 312 g/mol. The number of hydrogen-bond acceptors (Lipinski definition) is 3. The van der Waals surface area contributed by atoms with Gasteiger partial charge in [0, 0.05) is 31.8 Å². The van der Waals surface area contributed by atoms with Crippen LogP contribution in [0.3, 0.4) is 0 Å². The second-order valence-corrected chi connectivity index (χ2v) is 7.06. The molecule has 1 atom stereocenters. The molecular weight excluding hydrogens is 288 g/mol. The average Bonchev–Trinajstić information content (AvgIpc) is 3.08. The van der Waals surface area contributed by atoms with Gasteiger partial charge in [-0.3, -0.25) is 9.89 Å². The molecule has 2 aromatic rings. The SMILES string of the molecule is Cc1nc(CCC(=O)N2CC(c3ccccc3)C(C)(C)C2)n[nH]1. The Labute approximate surface area is 137 Å². The predicted octanol–water partition coefficient (Wildman–Crippen LogP) is 2.70. The zero-order chi connectivity index (χ0) is 16.4.